The van der Waals surface area contributed by atoms with Gasteiger partial charge in [-0.05, 0) is 19.3 Å². The van der Waals surface area contributed by atoms with Crippen LogP contribution in [0.2, 0.25) is 5.15 Å². The summed E-state index contributed by atoms with van der Waals surface area (Å²) in [6.07, 6.45) is 2.47. The highest BCUT2D eigenvalue weighted by atomic mass is 35.5. The topological polar surface area (TPSA) is 86.8 Å². The van der Waals surface area contributed by atoms with E-state index < -0.39 is 0 Å². The second-order valence-corrected chi connectivity index (χ2v) is 6.33. The number of anilines is 1. The van der Waals surface area contributed by atoms with E-state index in [9.17, 15) is 4.79 Å². The van der Waals surface area contributed by atoms with Crippen LogP contribution in [-0.2, 0) is 6.42 Å². The van der Waals surface area contributed by atoms with E-state index in [1.54, 1.807) is 5.51 Å². The maximum absolute atomic E-state index is 12.2. The molecule has 2 aromatic rings. The average Bonchev–Trinajstić information content (AvgIpc) is 3.17. The second kappa shape index (κ2) is 6.62. The molecule has 1 aliphatic heterocycles. The smallest absolute Gasteiger partial charge is 0.287 e. The summed E-state index contributed by atoms with van der Waals surface area (Å²) in [5.74, 6) is 0.0874. The molecule has 0 unspecified atom stereocenters. The van der Waals surface area contributed by atoms with Gasteiger partial charge in [-0.1, -0.05) is 29.9 Å². The van der Waals surface area contributed by atoms with Gasteiger partial charge < -0.3 is 15.2 Å². The number of carbonyl (C=O) groups is 1. The number of aryl methyl sites for hydroxylation is 1. The van der Waals surface area contributed by atoms with Gasteiger partial charge in [-0.25, -0.2) is 4.98 Å². The Labute approximate surface area is 137 Å². The third kappa shape index (κ3) is 3.22. The Hall–Kier alpha value is -1.67. The molecule has 3 heterocycles. The van der Waals surface area contributed by atoms with Crippen molar-refractivity contribution in [2.75, 3.05) is 18.0 Å². The lowest BCUT2D eigenvalue weighted by molar-refractivity contribution is 0.0921. The van der Waals surface area contributed by atoms with Crippen molar-refractivity contribution in [1.82, 2.24) is 25.5 Å². The Bertz CT molecular complexity index is 635. The van der Waals surface area contributed by atoms with Crippen molar-refractivity contribution in [3.05, 3.63) is 22.2 Å². The van der Waals surface area contributed by atoms with Crippen LogP contribution >= 0.6 is 22.9 Å². The van der Waals surface area contributed by atoms with Gasteiger partial charge in [0.2, 0.25) is 5.13 Å². The fraction of sp³-hybridized carbons (Fsp3) is 0.538. The summed E-state index contributed by atoms with van der Waals surface area (Å²) >= 11 is 7.50. The summed E-state index contributed by atoms with van der Waals surface area (Å²) < 4.78 is 0. The third-order valence-corrected chi connectivity index (χ3v) is 4.81. The van der Waals surface area contributed by atoms with Gasteiger partial charge in [0.1, 0.15) is 5.51 Å². The number of aromatic nitrogens is 4. The van der Waals surface area contributed by atoms with E-state index >= 15 is 0 Å². The van der Waals surface area contributed by atoms with Gasteiger partial charge in [0.15, 0.2) is 11.0 Å². The maximum Gasteiger partial charge on any atom is 0.287 e. The molecule has 9 heteroatoms. The first kappa shape index (κ1) is 15.2. The number of halogens is 1. The maximum atomic E-state index is 12.2. The zero-order valence-electron chi connectivity index (χ0n) is 12.2. The first-order chi connectivity index (χ1) is 10.7. The molecule has 0 radical (unpaired) electrons. The first-order valence-corrected chi connectivity index (χ1v) is 8.49. The standard InChI is InChI=1S/C13H17ClN6OS/c1-2-9-10(14)18-11(17-9)12(21)16-8-3-5-20(6-4-8)13-19-15-7-22-13/h7-8H,2-6H2,1H3,(H,16,21)(H,17,18). The molecule has 0 saturated carbocycles. The molecular weight excluding hydrogens is 324 g/mol. The molecule has 0 aromatic carbocycles. The van der Waals surface area contributed by atoms with Crippen LogP contribution in [0.25, 0.3) is 0 Å². The van der Waals surface area contributed by atoms with Crippen LogP contribution in [0.1, 0.15) is 36.1 Å². The fourth-order valence-electron chi connectivity index (χ4n) is 2.50. The van der Waals surface area contributed by atoms with Gasteiger partial charge in [0.25, 0.3) is 5.91 Å². The highest BCUT2D eigenvalue weighted by Gasteiger charge is 2.24. The molecule has 2 N–H and O–H groups in total. The van der Waals surface area contributed by atoms with Crippen molar-refractivity contribution in [3.63, 3.8) is 0 Å². The quantitative estimate of drug-likeness (QED) is 0.887. The molecule has 0 aliphatic carbocycles. The number of hydrogen-bond acceptors (Lipinski definition) is 6. The van der Waals surface area contributed by atoms with Crippen molar-refractivity contribution in [1.29, 1.82) is 0 Å². The summed E-state index contributed by atoms with van der Waals surface area (Å²) in [5.41, 5.74) is 2.52. The molecule has 22 heavy (non-hydrogen) atoms. The van der Waals surface area contributed by atoms with Crippen LogP contribution in [0.3, 0.4) is 0 Å². The highest BCUT2D eigenvalue weighted by molar-refractivity contribution is 7.13. The molecule has 118 valence electrons. The van der Waals surface area contributed by atoms with Crippen LogP contribution < -0.4 is 10.2 Å². The summed E-state index contributed by atoms with van der Waals surface area (Å²) in [6, 6.07) is 0.144. The van der Waals surface area contributed by atoms with Crippen molar-refractivity contribution in [2.45, 2.75) is 32.2 Å². The van der Waals surface area contributed by atoms with Gasteiger partial charge in [-0.3, -0.25) is 4.79 Å². The number of nitrogens with one attached hydrogen (secondary N) is 2. The van der Waals surface area contributed by atoms with Crippen LogP contribution in [0.5, 0.6) is 0 Å². The summed E-state index contributed by atoms with van der Waals surface area (Å²) in [4.78, 5) is 21.4. The predicted octanol–water partition coefficient (Wildman–Crippen LogP) is 1.88. The largest absolute Gasteiger partial charge is 0.347 e. The van der Waals surface area contributed by atoms with Crippen molar-refractivity contribution in [3.8, 4) is 0 Å². The Morgan fingerprint density at radius 2 is 2.32 bits per heavy atom. The van der Waals surface area contributed by atoms with Crippen LogP contribution in [0, 0.1) is 0 Å². The Morgan fingerprint density at radius 3 is 2.91 bits per heavy atom. The zero-order valence-corrected chi connectivity index (χ0v) is 13.7. The van der Waals surface area contributed by atoms with E-state index in [4.69, 9.17) is 11.6 Å². The number of imidazole rings is 1. The molecule has 1 saturated heterocycles. The number of amides is 1. The van der Waals surface area contributed by atoms with E-state index in [2.05, 4.69) is 30.4 Å². The molecule has 7 nitrogen and oxygen atoms in total. The molecule has 2 aromatic heterocycles. The molecule has 1 amide bonds. The SMILES string of the molecule is CCc1[nH]c(C(=O)NC2CCN(c3nncs3)CC2)nc1Cl. The third-order valence-electron chi connectivity index (χ3n) is 3.75. The number of piperidine rings is 1. The lowest BCUT2D eigenvalue weighted by Gasteiger charge is -2.31. The van der Waals surface area contributed by atoms with E-state index in [-0.39, 0.29) is 17.8 Å². The monoisotopic (exact) mass is 340 g/mol. The zero-order chi connectivity index (χ0) is 15.5. The lowest BCUT2D eigenvalue weighted by atomic mass is 10.1. The van der Waals surface area contributed by atoms with E-state index in [1.807, 2.05) is 6.92 Å². The number of H-pyrrole nitrogens is 1. The van der Waals surface area contributed by atoms with Crippen molar-refractivity contribution in [2.24, 2.45) is 0 Å². The fourth-order valence-corrected chi connectivity index (χ4v) is 3.38. The highest BCUT2D eigenvalue weighted by Crippen LogP contribution is 2.21. The summed E-state index contributed by atoms with van der Waals surface area (Å²) in [5, 5.41) is 12.3. The minimum atomic E-state index is -0.198. The molecule has 0 spiro atoms. The minimum Gasteiger partial charge on any atom is -0.347 e. The number of hydrogen-bond donors (Lipinski definition) is 2. The summed E-state index contributed by atoms with van der Waals surface area (Å²) in [7, 11) is 0. The van der Waals surface area contributed by atoms with Gasteiger partial charge >= 0.3 is 0 Å². The Morgan fingerprint density at radius 1 is 1.55 bits per heavy atom. The number of rotatable bonds is 4. The molecule has 0 bridgehead atoms. The average molecular weight is 341 g/mol. The van der Waals surface area contributed by atoms with E-state index in [0.29, 0.717) is 5.15 Å². The van der Waals surface area contributed by atoms with Gasteiger partial charge in [-0.2, -0.15) is 0 Å². The van der Waals surface area contributed by atoms with Gasteiger partial charge in [-0.15, -0.1) is 10.2 Å². The predicted molar refractivity (Wildman–Crippen MR) is 85.6 cm³/mol. The van der Waals surface area contributed by atoms with Gasteiger partial charge in [0.05, 0.1) is 5.69 Å². The number of aromatic amines is 1. The lowest BCUT2D eigenvalue weighted by Crippen LogP contribution is -2.45. The number of carbonyl (C=O) groups excluding carboxylic acids is 1. The molecule has 0 atom stereocenters. The normalized spacial score (nSPS) is 16.0. The van der Waals surface area contributed by atoms with Crippen LogP contribution in [0.15, 0.2) is 5.51 Å². The number of nitrogens with zero attached hydrogens (tertiary/aromatic N) is 4. The molecule has 1 aliphatic rings. The summed E-state index contributed by atoms with van der Waals surface area (Å²) in [6.45, 7) is 3.68. The second-order valence-electron chi connectivity index (χ2n) is 5.16. The molecule has 3 rings (SSSR count). The van der Waals surface area contributed by atoms with Crippen LogP contribution in [0.4, 0.5) is 5.13 Å². The van der Waals surface area contributed by atoms with Gasteiger partial charge in [0, 0.05) is 19.1 Å². The van der Waals surface area contributed by atoms with E-state index in [0.717, 1.165) is 43.2 Å². The van der Waals surface area contributed by atoms with E-state index in [1.165, 1.54) is 11.3 Å². The molecular formula is C13H17ClN6OS. The minimum absolute atomic E-state index is 0.144. The molecule has 1 fully saturated rings. The van der Waals surface area contributed by atoms with Crippen LogP contribution in [-0.4, -0.2) is 45.2 Å². The Kier molecular flexibility index (Phi) is 4.58. The first-order valence-electron chi connectivity index (χ1n) is 7.23. The Balaban J connectivity index is 1.54. The van der Waals surface area contributed by atoms with Crippen molar-refractivity contribution < 1.29 is 4.79 Å². The van der Waals surface area contributed by atoms with Crippen molar-refractivity contribution >= 4 is 34.0 Å².